The first-order chi connectivity index (χ1) is 38.3. The van der Waals surface area contributed by atoms with Gasteiger partial charge in [0.25, 0.3) is 0 Å². The van der Waals surface area contributed by atoms with Crippen LogP contribution in [0.1, 0.15) is 73.8 Å². The molecule has 80 heavy (non-hydrogen) atoms. The number of fused-ring (bicyclic) bond motifs is 3. The predicted octanol–water partition coefficient (Wildman–Crippen LogP) is 1.74. The average molecular weight is 1110 g/mol. The Morgan fingerprint density at radius 1 is 0.588 bits per heavy atom. The maximum atomic E-state index is 14.7. The molecule has 21 nitrogen and oxygen atoms in total. The Kier molecular flexibility index (Phi) is 19.1. The van der Waals surface area contributed by atoms with Gasteiger partial charge in [-0.2, -0.15) is 0 Å². The minimum Gasteiger partial charge on any atom is -0.458 e. The predicted molar refractivity (Wildman–Crippen MR) is 286 cm³/mol. The van der Waals surface area contributed by atoms with Gasteiger partial charge in [-0.3, -0.25) is 14.4 Å². The van der Waals surface area contributed by atoms with E-state index in [0.717, 1.165) is 38.9 Å². The van der Waals surface area contributed by atoms with Crippen molar-refractivity contribution in [2.75, 3.05) is 19.8 Å². The van der Waals surface area contributed by atoms with E-state index in [1.807, 2.05) is 140 Å². The summed E-state index contributed by atoms with van der Waals surface area (Å²) in [4.78, 5) is 71.2. The first-order valence-electron chi connectivity index (χ1n) is 26.3. The standard InChI is InChI=1S/C59H68N4O17/c1-58(2,3)80-55(74)42(29-46(67)62-54-50(71)49(70)52(44(31-65)77-54)79-56-51(72)48(69)47(68)43(30-64)78-56)60-53(73)41(61-57(75)76-32-40-38-25-15-13-23-36(38)37-24-14-16-26-39(37)40)27-28-45(66)63-59(33-17-7-4-8-18-33,34-19-9-5-10-20-34)35-21-11-6-12-22-35/h4-26,40-44,47-52,54,56,64-65,68-72H,27-32H2,1-3H3,(H,60,73)(H,61,75)(H,62,67)(H,63,66)/t41-,42-,43+,44+,47-,48-,49+,50+,51+,52+,54+,56-/m0/s1. The van der Waals surface area contributed by atoms with Gasteiger partial charge in [0.05, 0.1) is 19.6 Å². The van der Waals surface area contributed by atoms with E-state index in [-0.39, 0.29) is 25.4 Å². The number of hydrogen-bond acceptors (Lipinski definition) is 17. The summed E-state index contributed by atoms with van der Waals surface area (Å²) in [7, 11) is 0. The van der Waals surface area contributed by atoms with E-state index in [0.29, 0.717) is 0 Å². The van der Waals surface area contributed by atoms with E-state index in [4.69, 9.17) is 23.7 Å². The van der Waals surface area contributed by atoms with Crippen LogP contribution in [0.2, 0.25) is 0 Å². The van der Waals surface area contributed by atoms with E-state index < -0.39 is 134 Å². The summed E-state index contributed by atoms with van der Waals surface area (Å²) in [5.74, 6) is -4.06. The third-order valence-corrected chi connectivity index (χ3v) is 14.3. The molecule has 1 aliphatic carbocycles. The lowest BCUT2D eigenvalue weighted by atomic mass is 9.77. The second-order valence-corrected chi connectivity index (χ2v) is 20.9. The van der Waals surface area contributed by atoms with Crippen molar-refractivity contribution in [3.63, 3.8) is 0 Å². The largest absolute Gasteiger partial charge is 0.458 e. The van der Waals surface area contributed by atoms with Crippen LogP contribution in [-0.4, -0.2) is 164 Å². The van der Waals surface area contributed by atoms with Gasteiger partial charge in [0.15, 0.2) is 12.5 Å². The second kappa shape index (κ2) is 26.0. The lowest BCUT2D eigenvalue weighted by Gasteiger charge is -2.46. The molecule has 5 aromatic carbocycles. The van der Waals surface area contributed by atoms with Crippen molar-refractivity contribution in [2.24, 2.45) is 0 Å². The maximum absolute atomic E-state index is 14.7. The minimum atomic E-state index is -2.02. The van der Waals surface area contributed by atoms with Crippen LogP contribution in [0.4, 0.5) is 4.79 Å². The van der Waals surface area contributed by atoms with Crippen molar-refractivity contribution in [3.05, 3.63) is 167 Å². The fraction of sp³-hybridized carbons (Fsp3) is 0.407. The smallest absolute Gasteiger partial charge is 0.407 e. The number of nitrogens with one attached hydrogen (secondary N) is 4. The molecule has 5 aromatic rings. The normalized spacial score (nSPS) is 24.5. The molecule has 12 atom stereocenters. The summed E-state index contributed by atoms with van der Waals surface area (Å²) in [5.41, 5.74) is 3.60. The molecule has 0 aromatic heterocycles. The molecule has 2 aliphatic heterocycles. The van der Waals surface area contributed by atoms with E-state index >= 15 is 0 Å². The fourth-order valence-corrected chi connectivity index (χ4v) is 10.3. The molecular weight excluding hydrogens is 1040 g/mol. The molecule has 2 saturated heterocycles. The summed E-state index contributed by atoms with van der Waals surface area (Å²) >= 11 is 0. The number of hydrogen-bond donors (Lipinski definition) is 11. The number of ether oxygens (including phenoxy) is 5. The SMILES string of the molecule is CC(C)(C)OC(=O)[C@H](CC(=O)N[C@@H]1O[C@H](CO)[C@@H](O[C@@H]2O[C@H](CO)[C@H](O)[C@H](O)[C@H]2O)[C@H](O)[C@H]1O)NC(=O)[C@H](CCC(=O)NC(c1ccccc1)(c1ccccc1)c1ccccc1)NC(=O)OCC1c2ccccc2-c2ccccc21. The van der Waals surface area contributed by atoms with Crippen LogP contribution >= 0.6 is 0 Å². The Bertz CT molecular complexity index is 2770. The Balaban J connectivity index is 1.02. The zero-order valence-corrected chi connectivity index (χ0v) is 44.2. The van der Waals surface area contributed by atoms with Gasteiger partial charge in [0.2, 0.25) is 17.7 Å². The van der Waals surface area contributed by atoms with Crippen molar-refractivity contribution < 1.29 is 83.4 Å². The van der Waals surface area contributed by atoms with Gasteiger partial charge in [-0.25, -0.2) is 9.59 Å². The van der Waals surface area contributed by atoms with Crippen molar-refractivity contribution in [2.45, 2.75) is 131 Å². The van der Waals surface area contributed by atoms with Crippen LogP contribution in [-0.2, 0) is 48.4 Å². The van der Waals surface area contributed by atoms with Gasteiger partial charge in [0, 0.05) is 12.3 Å². The molecule has 0 radical (unpaired) electrons. The van der Waals surface area contributed by atoms with Crippen molar-refractivity contribution in [1.29, 1.82) is 0 Å². The average Bonchev–Trinajstić information content (AvgIpc) is 3.85. The summed E-state index contributed by atoms with van der Waals surface area (Å²) < 4.78 is 28.2. The molecule has 8 rings (SSSR count). The van der Waals surface area contributed by atoms with Crippen molar-refractivity contribution in [3.8, 4) is 11.1 Å². The van der Waals surface area contributed by atoms with Gasteiger partial charge in [-0.15, -0.1) is 0 Å². The molecule has 0 unspecified atom stereocenters. The zero-order valence-electron chi connectivity index (χ0n) is 44.2. The lowest BCUT2D eigenvalue weighted by Crippen LogP contribution is -2.66. The first kappa shape index (κ1) is 59.0. The monoisotopic (exact) mass is 1100 g/mol. The summed E-state index contributed by atoms with van der Waals surface area (Å²) in [6, 6.07) is 40.0. The number of esters is 1. The third-order valence-electron chi connectivity index (χ3n) is 14.3. The molecule has 2 fully saturated rings. The quantitative estimate of drug-likeness (QED) is 0.0391. The Morgan fingerprint density at radius 3 is 1.64 bits per heavy atom. The van der Waals surface area contributed by atoms with E-state index in [2.05, 4.69) is 21.3 Å². The van der Waals surface area contributed by atoms with Crippen molar-refractivity contribution in [1.82, 2.24) is 21.3 Å². The first-order valence-corrected chi connectivity index (χ1v) is 26.3. The third kappa shape index (κ3) is 13.4. The maximum Gasteiger partial charge on any atom is 0.407 e. The lowest BCUT2D eigenvalue weighted by molar-refractivity contribution is -0.343. The Morgan fingerprint density at radius 2 is 1.11 bits per heavy atom. The van der Waals surface area contributed by atoms with Gasteiger partial charge in [-0.1, -0.05) is 140 Å². The molecule has 0 bridgehead atoms. The number of aliphatic hydroxyl groups is 7. The van der Waals surface area contributed by atoms with Crippen LogP contribution in [0, 0.1) is 0 Å². The Hall–Kier alpha value is -7.15. The number of aliphatic hydroxyl groups excluding tert-OH is 7. The fourth-order valence-electron chi connectivity index (χ4n) is 10.3. The Labute approximate surface area is 461 Å². The molecular formula is C59H68N4O17. The number of carbonyl (C=O) groups excluding carboxylic acids is 5. The van der Waals surface area contributed by atoms with E-state index in [1.165, 1.54) is 0 Å². The number of carbonyl (C=O) groups is 5. The highest BCUT2D eigenvalue weighted by molar-refractivity contribution is 5.93. The summed E-state index contributed by atoms with van der Waals surface area (Å²) in [6.07, 6.45) is -20.4. The molecule has 0 spiro atoms. The van der Waals surface area contributed by atoms with Crippen LogP contribution in [0.25, 0.3) is 11.1 Å². The minimum absolute atomic E-state index is 0.134. The van der Waals surface area contributed by atoms with Gasteiger partial charge < -0.3 is 80.7 Å². The van der Waals surface area contributed by atoms with Crippen LogP contribution in [0.15, 0.2) is 140 Å². The second-order valence-electron chi connectivity index (χ2n) is 20.9. The molecule has 426 valence electrons. The molecule has 3 aliphatic rings. The number of benzene rings is 5. The molecule has 0 saturated carbocycles. The molecule has 21 heteroatoms. The van der Waals surface area contributed by atoms with Crippen molar-refractivity contribution >= 4 is 29.8 Å². The van der Waals surface area contributed by atoms with Gasteiger partial charge >= 0.3 is 12.1 Å². The zero-order chi connectivity index (χ0) is 57.3. The molecule has 4 amide bonds. The number of rotatable bonds is 20. The number of alkyl carbamates (subject to hydrolysis) is 1. The topological polar surface area (TPSA) is 321 Å². The van der Waals surface area contributed by atoms with E-state index in [9.17, 15) is 59.7 Å². The molecule has 2 heterocycles. The highest BCUT2D eigenvalue weighted by atomic mass is 16.7. The number of amides is 4. The van der Waals surface area contributed by atoms with Crippen LogP contribution in [0.5, 0.6) is 0 Å². The van der Waals surface area contributed by atoms with Gasteiger partial charge in [-0.05, 0) is 66.1 Å². The summed E-state index contributed by atoms with van der Waals surface area (Å²) in [6.45, 7) is 2.81. The molecule has 11 N–H and O–H groups in total. The van der Waals surface area contributed by atoms with Gasteiger partial charge in [0.1, 0.15) is 78.7 Å². The summed E-state index contributed by atoms with van der Waals surface area (Å²) in [5, 5.41) is 84.1. The van der Waals surface area contributed by atoms with E-state index in [1.54, 1.807) is 20.8 Å². The van der Waals surface area contributed by atoms with Crippen LogP contribution in [0.3, 0.4) is 0 Å². The highest BCUT2D eigenvalue weighted by Crippen LogP contribution is 2.45. The highest BCUT2D eigenvalue weighted by Gasteiger charge is 2.51. The van der Waals surface area contributed by atoms with Crippen LogP contribution < -0.4 is 21.3 Å².